The van der Waals surface area contributed by atoms with Crippen molar-refractivity contribution in [2.24, 2.45) is 71.0 Å². The van der Waals surface area contributed by atoms with Crippen molar-refractivity contribution in [2.45, 2.75) is 205 Å². The van der Waals surface area contributed by atoms with Gasteiger partial charge in [-0.05, 0) is 299 Å². The first-order valence-electron chi connectivity index (χ1n) is 52.9. The average Bonchev–Trinajstić information content (AvgIpc) is 0.904. The van der Waals surface area contributed by atoms with Gasteiger partial charge in [0.05, 0.1) is 149 Å². The van der Waals surface area contributed by atoms with E-state index >= 15 is 0 Å². The molecule has 4 aromatic carbocycles. The summed E-state index contributed by atoms with van der Waals surface area (Å²) < 4.78 is 45.7. The number of ether oxygens (including phenoxy) is 8. The fraction of sp³-hybridized carbons (Fsp3) is 0.571. The van der Waals surface area contributed by atoms with E-state index in [4.69, 9.17) is 37.9 Å². The van der Waals surface area contributed by atoms with Gasteiger partial charge in [-0.1, -0.05) is 24.3 Å². The van der Waals surface area contributed by atoms with Crippen LogP contribution >= 0.6 is 0 Å². The molecule has 24 rings (SSSR count). The average molecular weight is 1910 g/mol. The van der Waals surface area contributed by atoms with E-state index in [9.17, 15) is 19.2 Å². The lowest BCUT2D eigenvalue weighted by atomic mass is 9.77. The van der Waals surface area contributed by atoms with Crippen molar-refractivity contribution < 1.29 is 57.1 Å². The number of morpholine rings is 4. The number of amides is 4. The molecule has 0 bridgehead atoms. The summed E-state index contributed by atoms with van der Waals surface area (Å²) >= 11 is 0. The number of nitrogens with zero attached hydrogens (tertiary/aromatic N) is 12. The smallest absolute Gasteiger partial charge is 0.230 e. The number of carbonyl (C=O) groups excluding carboxylic acids is 4. The molecule has 8 aliphatic heterocycles. The number of rotatable bonds is 20. The molecule has 12 heterocycles. The number of fused-ring (bicyclic) bond motifs is 8. The van der Waals surface area contributed by atoms with Crippen LogP contribution in [0.1, 0.15) is 176 Å². The van der Waals surface area contributed by atoms with Crippen LogP contribution in [-0.4, -0.2) is 202 Å². The minimum Gasteiger partial charge on any atom is -0.381 e. The molecule has 0 radical (unpaired) electrons. The maximum atomic E-state index is 14.1. The lowest BCUT2D eigenvalue weighted by molar-refractivity contribution is -0.125. The first-order chi connectivity index (χ1) is 68.8. The van der Waals surface area contributed by atoms with E-state index in [2.05, 4.69) is 158 Å². The quantitative estimate of drug-likeness (QED) is 0.0552. The Bertz CT molecular complexity index is 4910. The second-order valence-electron chi connectivity index (χ2n) is 42.0. The van der Waals surface area contributed by atoms with Crippen LogP contribution in [0.25, 0.3) is 0 Å². The van der Waals surface area contributed by atoms with Gasteiger partial charge in [0.2, 0.25) is 23.6 Å². The van der Waals surface area contributed by atoms with E-state index < -0.39 is 0 Å². The molecule has 16 aliphatic rings. The Labute approximate surface area is 825 Å². The number of anilines is 16. The second kappa shape index (κ2) is 44.1. The number of pyridine rings is 4. The fourth-order valence-corrected chi connectivity index (χ4v) is 24.9. The van der Waals surface area contributed by atoms with Gasteiger partial charge in [-0.2, -0.15) is 0 Å². The zero-order valence-corrected chi connectivity index (χ0v) is 82.5. The van der Waals surface area contributed by atoms with Gasteiger partial charge < -0.3 is 98.4 Å². The zero-order valence-electron chi connectivity index (χ0n) is 82.5. The van der Waals surface area contributed by atoms with E-state index in [-0.39, 0.29) is 47.3 Å². The molecule has 4 saturated heterocycles. The Morgan fingerprint density at radius 2 is 0.457 bits per heavy atom. The maximum absolute atomic E-state index is 14.1. The van der Waals surface area contributed by atoms with Crippen LogP contribution in [0.2, 0.25) is 0 Å². The number of hydrogen-bond donors (Lipinski definition) is 4. The Balaban J connectivity index is 0.000000111. The monoisotopic (exact) mass is 1910 g/mol. The highest BCUT2D eigenvalue weighted by Crippen LogP contribution is 2.52. The number of carbonyl (C=O) groups is 4. The normalized spacial score (nSPS) is 25.2. The highest BCUT2D eigenvalue weighted by molar-refractivity contribution is 6.04. The standard InChI is InChI=1S/4C28H36N4O3/c4*1-34-26(19-4-5-19)20-6-8-21(9-7-20)28(33)32-18-22-3-2-12-29-27(22)30-24-11-10-23(17-25(24)32)31-13-15-35-16-14-31/h4*2-3,10-12,17,19-21,26H,4-9,13-16,18H2,1H3,(H,29,30)/t4*20?,21?,26-/m1100/s1. The Morgan fingerprint density at radius 3 is 0.636 bits per heavy atom. The third-order valence-corrected chi connectivity index (χ3v) is 33.3. The highest BCUT2D eigenvalue weighted by atomic mass is 16.5. The SMILES string of the molecule is CO[C@@H](C1CCC(C(=O)N2Cc3cccnc3Nc3ccc(N4CCOCC4)cc32)CC1)C1CC1.CO[C@@H](C1CCC(C(=O)N2Cc3cccnc3Nc3ccc(N4CCOCC4)cc32)CC1)C1CC1.CO[C@H](C1CCC(C(=O)N2Cc3cccnc3Nc3ccc(N4CCOCC4)cc32)CC1)C1CC1.CO[C@H](C1CCC(C(=O)N2Cc3cccnc3Nc3ccc(N4CCOCC4)cc32)CC1)C1CC1. The Hall–Kier alpha value is -10.6. The van der Waals surface area contributed by atoms with Crippen LogP contribution in [0.4, 0.5) is 91.5 Å². The summed E-state index contributed by atoms with van der Waals surface area (Å²) in [5.74, 6) is 9.83. The summed E-state index contributed by atoms with van der Waals surface area (Å²) in [6.45, 7) is 15.0. The Morgan fingerprint density at radius 1 is 0.271 bits per heavy atom. The van der Waals surface area contributed by atoms with E-state index in [1.165, 1.54) is 51.4 Å². The number of methoxy groups -OCH3 is 4. The van der Waals surface area contributed by atoms with Crippen LogP contribution in [0.3, 0.4) is 0 Å². The molecule has 12 fully saturated rings. The van der Waals surface area contributed by atoms with E-state index in [0.717, 1.165) is 345 Å². The van der Waals surface area contributed by atoms with Gasteiger partial charge in [-0.15, -0.1) is 0 Å². The van der Waals surface area contributed by atoms with Gasteiger partial charge in [0.1, 0.15) is 23.3 Å². The molecule has 8 saturated carbocycles. The summed E-state index contributed by atoms with van der Waals surface area (Å²) in [7, 11) is 7.44. The summed E-state index contributed by atoms with van der Waals surface area (Å²) in [4.78, 5) is 92.0. The van der Waals surface area contributed by atoms with E-state index in [0.29, 0.717) is 74.3 Å². The summed E-state index contributed by atoms with van der Waals surface area (Å²) in [5.41, 5.74) is 16.3. The molecule has 4 atom stereocenters. The number of nitrogens with one attached hydrogen (secondary N) is 4. The van der Waals surface area contributed by atoms with Gasteiger partial charge in [-0.3, -0.25) is 19.2 Å². The Kier molecular flexibility index (Phi) is 30.1. The van der Waals surface area contributed by atoms with Crippen molar-refractivity contribution in [2.75, 3.05) is 194 Å². The van der Waals surface area contributed by atoms with Crippen molar-refractivity contribution in [3.63, 3.8) is 0 Å². The van der Waals surface area contributed by atoms with Gasteiger partial charge in [0.25, 0.3) is 0 Å². The highest BCUT2D eigenvalue weighted by Gasteiger charge is 2.47. The van der Waals surface area contributed by atoms with Crippen LogP contribution < -0.4 is 60.5 Å². The van der Waals surface area contributed by atoms with Crippen molar-refractivity contribution >= 4 is 115 Å². The van der Waals surface area contributed by atoms with Crippen LogP contribution in [-0.2, 0) is 83.3 Å². The van der Waals surface area contributed by atoms with Gasteiger partial charge in [0.15, 0.2) is 0 Å². The van der Waals surface area contributed by atoms with Crippen molar-refractivity contribution in [3.8, 4) is 0 Å². The number of hydrogen-bond acceptors (Lipinski definition) is 24. The predicted octanol–water partition coefficient (Wildman–Crippen LogP) is 19.0. The number of benzene rings is 4. The summed E-state index contributed by atoms with van der Waals surface area (Å²) in [5, 5.41) is 14.0. The minimum absolute atomic E-state index is 0.0565. The molecular weight excluding hydrogens is 1760 g/mol. The third kappa shape index (κ3) is 21.8. The molecule has 4 N–H and O–H groups in total. The molecular formula is C112H144N16O12. The van der Waals surface area contributed by atoms with Crippen molar-refractivity contribution in [1.82, 2.24) is 19.9 Å². The maximum Gasteiger partial charge on any atom is 0.230 e. The van der Waals surface area contributed by atoms with Gasteiger partial charge >= 0.3 is 0 Å². The lowest BCUT2D eigenvalue weighted by Crippen LogP contribution is -2.39. The van der Waals surface area contributed by atoms with Gasteiger partial charge in [0, 0.05) is 174 Å². The minimum atomic E-state index is 0.0565. The molecule has 4 amide bonds. The van der Waals surface area contributed by atoms with Crippen molar-refractivity contribution in [3.05, 3.63) is 168 Å². The molecule has 4 aromatic heterocycles. The first kappa shape index (κ1) is 95.6. The van der Waals surface area contributed by atoms with Crippen molar-refractivity contribution in [1.29, 1.82) is 0 Å². The topological polar surface area (TPSA) is 268 Å². The zero-order chi connectivity index (χ0) is 95.1. The fourth-order valence-electron chi connectivity index (χ4n) is 24.9. The predicted molar refractivity (Wildman–Crippen MR) is 549 cm³/mol. The molecule has 744 valence electrons. The summed E-state index contributed by atoms with van der Waals surface area (Å²) in [6, 6.07) is 41.7. The van der Waals surface area contributed by atoms with Crippen LogP contribution in [0, 0.1) is 71.0 Å². The third-order valence-electron chi connectivity index (χ3n) is 33.3. The summed E-state index contributed by atoms with van der Waals surface area (Å²) in [6.07, 6.45) is 35.3. The molecule has 0 unspecified atom stereocenters. The molecule has 28 heteroatoms. The van der Waals surface area contributed by atoms with Crippen LogP contribution in [0.5, 0.6) is 0 Å². The molecule has 0 spiro atoms. The van der Waals surface area contributed by atoms with Crippen LogP contribution in [0.15, 0.2) is 146 Å². The van der Waals surface area contributed by atoms with Gasteiger partial charge in [-0.25, -0.2) is 19.9 Å². The number of aromatic nitrogens is 4. The molecule has 8 aliphatic carbocycles. The lowest BCUT2D eigenvalue weighted by Gasteiger charge is -2.35. The second-order valence-corrected chi connectivity index (χ2v) is 42.0. The molecule has 140 heavy (non-hydrogen) atoms. The first-order valence-corrected chi connectivity index (χ1v) is 52.9. The largest absolute Gasteiger partial charge is 0.381 e. The molecule has 8 aromatic rings. The van der Waals surface area contributed by atoms with E-state index in [1.807, 2.05) is 72.3 Å². The molecule has 28 nitrogen and oxygen atoms in total. The van der Waals surface area contributed by atoms with E-state index in [1.54, 1.807) is 24.8 Å².